The van der Waals surface area contributed by atoms with E-state index < -0.39 is 6.67 Å². The molecule has 0 bridgehead atoms. The van der Waals surface area contributed by atoms with E-state index in [1.54, 1.807) is 24.0 Å². The molecular weight excluding hydrogens is 493 g/mol. The van der Waals surface area contributed by atoms with Crippen LogP contribution >= 0.6 is 11.9 Å². The van der Waals surface area contributed by atoms with Gasteiger partial charge in [-0.25, -0.2) is 4.39 Å². The van der Waals surface area contributed by atoms with Crippen molar-refractivity contribution in [1.29, 1.82) is 0 Å². The molecule has 0 radical (unpaired) electrons. The number of aromatic nitrogens is 4. The number of amides is 1. The molecule has 3 aromatic rings. The minimum absolute atomic E-state index is 0.150. The average Bonchev–Trinajstić information content (AvgIpc) is 3.33. The number of aryl methyl sites for hydroxylation is 1. The zero-order chi connectivity index (χ0) is 26.1. The van der Waals surface area contributed by atoms with Crippen LogP contribution in [0.15, 0.2) is 24.4 Å². The number of carbonyl (C=O) groups is 1. The number of hydrogen-bond donors (Lipinski definition) is 1. The molecule has 11 heteroatoms. The molecule has 37 heavy (non-hydrogen) atoms. The molecule has 1 saturated heterocycles. The van der Waals surface area contributed by atoms with Gasteiger partial charge in [-0.15, -0.1) is 0 Å². The first-order valence-electron chi connectivity index (χ1n) is 12.5. The zero-order valence-electron chi connectivity index (χ0n) is 21.8. The Morgan fingerprint density at radius 2 is 2.00 bits per heavy atom. The summed E-state index contributed by atoms with van der Waals surface area (Å²) in [6.45, 7) is 7.65. The Balaban J connectivity index is 1.44. The van der Waals surface area contributed by atoms with Crippen LogP contribution in [0.1, 0.15) is 22.4 Å². The van der Waals surface area contributed by atoms with Gasteiger partial charge in [0.05, 0.1) is 36.7 Å². The standard InChI is InChI=1S/C26H32FN7O2S/c1-17-14-21-20(15-34(30-21)37-4)24(18(17)2)33-9-7-19-22(16-33)28-26(36-3)29-25(19)32-12-10-31(11-13-32)23(35)6-5-8-27/h5-6,14-15H,7-13,16H2,1-4H3/p+1/b6-5+. The molecule has 196 valence electrons. The molecule has 2 aliphatic heterocycles. The van der Waals surface area contributed by atoms with Crippen molar-refractivity contribution in [3.05, 3.63) is 46.8 Å². The number of anilines is 2. The number of ether oxygens (including phenoxy) is 1. The Morgan fingerprint density at radius 1 is 1.22 bits per heavy atom. The number of hydrogen-bond acceptors (Lipinski definition) is 7. The molecular formula is C26H33FN7O2S+. The molecule has 2 aliphatic rings. The summed E-state index contributed by atoms with van der Waals surface area (Å²) in [5.74, 6) is 0.739. The Kier molecular flexibility index (Phi) is 7.23. The van der Waals surface area contributed by atoms with Crippen LogP contribution in [0, 0.1) is 13.8 Å². The van der Waals surface area contributed by atoms with E-state index in [0.717, 1.165) is 35.6 Å². The van der Waals surface area contributed by atoms with Crippen LogP contribution in [-0.2, 0) is 17.8 Å². The fourth-order valence-corrected chi connectivity index (χ4v) is 5.64. The number of halogens is 1. The predicted molar refractivity (Wildman–Crippen MR) is 144 cm³/mol. The van der Waals surface area contributed by atoms with Gasteiger partial charge in [-0.1, -0.05) is 0 Å². The van der Waals surface area contributed by atoms with Gasteiger partial charge < -0.3 is 19.4 Å². The number of rotatable bonds is 6. The summed E-state index contributed by atoms with van der Waals surface area (Å²) in [4.78, 5) is 28.1. The first kappa shape index (κ1) is 25.3. The number of allylic oxidation sites excluding steroid dienone is 1. The quantitative estimate of drug-likeness (QED) is 0.391. The highest BCUT2D eigenvalue weighted by molar-refractivity contribution is 7.92. The maximum atomic E-state index is 12.4. The number of carbonyl (C=O) groups excluding carboxylic acids is 1. The molecule has 1 fully saturated rings. The van der Waals surface area contributed by atoms with Crippen molar-refractivity contribution in [2.24, 2.45) is 0 Å². The van der Waals surface area contributed by atoms with E-state index in [1.807, 2.05) is 10.3 Å². The average molecular weight is 527 g/mol. The second-order valence-electron chi connectivity index (χ2n) is 9.38. The topological polar surface area (TPSA) is 81.5 Å². The van der Waals surface area contributed by atoms with Gasteiger partial charge in [-0.3, -0.25) is 4.79 Å². The van der Waals surface area contributed by atoms with Gasteiger partial charge in [0.25, 0.3) is 0 Å². The minimum Gasteiger partial charge on any atom is -0.467 e. The van der Waals surface area contributed by atoms with Crippen molar-refractivity contribution < 1.29 is 18.0 Å². The SMILES string of the molecule is COc1nc2c(c(N3CCN(C(=O)/C=C/CF)CC3)n1)CCN(c1c(C)c(C)cc3[nH][n+](SC)cc13)C2. The molecule has 5 rings (SSSR count). The van der Waals surface area contributed by atoms with Crippen molar-refractivity contribution in [2.75, 3.05) is 62.6 Å². The highest BCUT2D eigenvalue weighted by atomic mass is 32.2. The molecule has 0 atom stereocenters. The van der Waals surface area contributed by atoms with Gasteiger partial charge in [-0.05, 0) is 47.6 Å². The number of methoxy groups -OCH3 is 1. The lowest BCUT2D eigenvalue weighted by atomic mass is 9.99. The molecule has 1 amide bonds. The van der Waals surface area contributed by atoms with E-state index in [9.17, 15) is 9.18 Å². The second kappa shape index (κ2) is 10.6. The summed E-state index contributed by atoms with van der Waals surface area (Å²) in [7, 11) is 1.59. The lowest BCUT2D eigenvalue weighted by Crippen LogP contribution is -2.49. The van der Waals surface area contributed by atoms with Crippen molar-refractivity contribution >= 4 is 40.3 Å². The van der Waals surface area contributed by atoms with Crippen LogP contribution in [-0.4, -0.2) is 78.6 Å². The molecule has 1 N–H and O–H groups in total. The third kappa shape index (κ3) is 4.84. The summed E-state index contributed by atoms with van der Waals surface area (Å²) in [6.07, 6.45) is 7.59. The third-order valence-corrected chi connectivity index (χ3v) is 7.88. The summed E-state index contributed by atoms with van der Waals surface area (Å²) >= 11 is 1.63. The maximum absolute atomic E-state index is 12.4. The fourth-order valence-electron chi connectivity index (χ4n) is 5.24. The summed E-state index contributed by atoms with van der Waals surface area (Å²) < 4.78 is 19.9. The number of piperazine rings is 1. The highest BCUT2D eigenvalue weighted by Crippen LogP contribution is 2.37. The lowest BCUT2D eigenvalue weighted by molar-refractivity contribution is -0.556. The molecule has 9 nitrogen and oxygen atoms in total. The number of nitrogens with one attached hydrogen (secondary N) is 1. The van der Waals surface area contributed by atoms with Crippen molar-refractivity contribution in [2.45, 2.75) is 26.8 Å². The lowest BCUT2D eigenvalue weighted by Gasteiger charge is -2.38. The number of alkyl halides is 1. The summed E-state index contributed by atoms with van der Waals surface area (Å²) in [6, 6.07) is 2.56. The number of nitrogens with zero attached hydrogens (tertiary/aromatic N) is 6. The van der Waals surface area contributed by atoms with Gasteiger partial charge >= 0.3 is 6.01 Å². The molecule has 2 aromatic heterocycles. The van der Waals surface area contributed by atoms with Crippen LogP contribution in [0.5, 0.6) is 6.01 Å². The number of H-pyrrole nitrogens is 1. The van der Waals surface area contributed by atoms with Gasteiger partial charge in [0.15, 0.2) is 11.9 Å². The maximum Gasteiger partial charge on any atom is 0.318 e. The van der Waals surface area contributed by atoms with Crippen LogP contribution in [0.2, 0.25) is 0 Å². The van der Waals surface area contributed by atoms with Crippen LogP contribution in [0.4, 0.5) is 15.9 Å². The van der Waals surface area contributed by atoms with Crippen LogP contribution in [0.3, 0.4) is 0 Å². The van der Waals surface area contributed by atoms with Crippen LogP contribution < -0.4 is 18.6 Å². The molecule has 0 spiro atoms. The van der Waals surface area contributed by atoms with Crippen LogP contribution in [0.25, 0.3) is 10.9 Å². The smallest absolute Gasteiger partial charge is 0.318 e. The van der Waals surface area contributed by atoms with E-state index in [0.29, 0.717) is 38.7 Å². The van der Waals surface area contributed by atoms with Crippen molar-refractivity contribution in [3.63, 3.8) is 0 Å². The second-order valence-corrected chi connectivity index (χ2v) is 10.1. The molecule has 0 unspecified atom stereocenters. The Labute approximate surface area is 220 Å². The van der Waals surface area contributed by atoms with Crippen molar-refractivity contribution in [1.82, 2.24) is 20.0 Å². The number of aromatic amines is 1. The first-order chi connectivity index (χ1) is 17.9. The minimum atomic E-state index is -0.634. The van der Waals surface area contributed by atoms with Gasteiger partial charge in [0.1, 0.15) is 18.0 Å². The largest absolute Gasteiger partial charge is 0.467 e. The molecule has 0 aliphatic carbocycles. The predicted octanol–water partition coefficient (Wildman–Crippen LogP) is 2.73. The van der Waals surface area contributed by atoms with E-state index in [1.165, 1.54) is 34.4 Å². The van der Waals surface area contributed by atoms with Gasteiger partial charge in [0.2, 0.25) is 12.1 Å². The highest BCUT2D eigenvalue weighted by Gasteiger charge is 2.30. The molecule has 0 saturated carbocycles. The normalized spacial score (nSPS) is 16.1. The van der Waals surface area contributed by atoms with Gasteiger partial charge in [-0.2, -0.15) is 15.1 Å². The molecule has 4 heterocycles. The summed E-state index contributed by atoms with van der Waals surface area (Å²) in [5, 5.41) is 4.65. The Hall–Kier alpha value is -3.34. The van der Waals surface area contributed by atoms with Crippen molar-refractivity contribution in [3.8, 4) is 6.01 Å². The Morgan fingerprint density at radius 3 is 2.70 bits per heavy atom. The summed E-state index contributed by atoms with van der Waals surface area (Å²) in [5.41, 5.74) is 6.99. The van der Waals surface area contributed by atoms with E-state index in [4.69, 9.17) is 14.7 Å². The molecule has 1 aromatic carbocycles. The first-order valence-corrected chi connectivity index (χ1v) is 13.7. The van der Waals surface area contributed by atoms with E-state index >= 15 is 0 Å². The van der Waals surface area contributed by atoms with E-state index in [-0.39, 0.29) is 5.91 Å². The zero-order valence-corrected chi connectivity index (χ0v) is 22.6. The number of fused-ring (bicyclic) bond motifs is 2. The third-order valence-electron chi connectivity index (χ3n) is 7.29. The Bertz CT molecular complexity index is 1350. The number of benzene rings is 1. The van der Waals surface area contributed by atoms with E-state index in [2.05, 4.69) is 41.0 Å². The fraction of sp³-hybridized carbons (Fsp3) is 0.462. The monoisotopic (exact) mass is 526 g/mol. The van der Waals surface area contributed by atoms with Gasteiger partial charge in [0, 0.05) is 44.4 Å².